The van der Waals surface area contributed by atoms with Crippen LogP contribution in [0.15, 0.2) is 48.0 Å². The highest BCUT2D eigenvalue weighted by Gasteiger charge is 2.40. The number of alkyl halides is 2. The summed E-state index contributed by atoms with van der Waals surface area (Å²) >= 11 is 6.02. The molecule has 204 valence electrons. The lowest BCUT2D eigenvalue weighted by Gasteiger charge is -2.41. The third kappa shape index (κ3) is 5.30. The maximum Gasteiger partial charge on any atom is 0.255 e. The number of halogens is 3. The van der Waals surface area contributed by atoms with Crippen molar-refractivity contribution in [3.63, 3.8) is 0 Å². The van der Waals surface area contributed by atoms with Gasteiger partial charge in [0.1, 0.15) is 17.9 Å². The zero-order valence-corrected chi connectivity index (χ0v) is 22.0. The van der Waals surface area contributed by atoms with Gasteiger partial charge in [-0.3, -0.25) is 24.6 Å². The van der Waals surface area contributed by atoms with Crippen molar-refractivity contribution in [1.29, 1.82) is 0 Å². The van der Waals surface area contributed by atoms with Crippen molar-refractivity contribution in [1.82, 2.24) is 15.1 Å². The van der Waals surface area contributed by atoms with E-state index < -0.39 is 17.9 Å². The van der Waals surface area contributed by atoms with Gasteiger partial charge in [-0.1, -0.05) is 23.7 Å². The second-order valence-corrected chi connectivity index (χ2v) is 11.2. The number of piperidine rings is 1. The SMILES string of the molecule is O=C1CCC(N2Cc3cc(OC4CN(CC5=C(c6ccc(Cl)cc6)CCC(F)(F)C5)C4)ccc3C2=O)C(=O)N1. The second-order valence-electron chi connectivity index (χ2n) is 10.8. The van der Waals surface area contributed by atoms with E-state index in [9.17, 15) is 23.2 Å². The van der Waals surface area contributed by atoms with E-state index in [4.69, 9.17) is 16.3 Å². The molecule has 6 rings (SSSR count). The summed E-state index contributed by atoms with van der Waals surface area (Å²) in [5.41, 5.74) is 3.99. The summed E-state index contributed by atoms with van der Waals surface area (Å²) in [6.45, 7) is 1.97. The van der Waals surface area contributed by atoms with Crippen LogP contribution in [0.5, 0.6) is 5.75 Å². The van der Waals surface area contributed by atoms with Gasteiger partial charge in [0.2, 0.25) is 11.8 Å². The number of imide groups is 1. The number of nitrogens with one attached hydrogen (secondary N) is 1. The lowest BCUT2D eigenvalue weighted by atomic mass is 9.84. The van der Waals surface area contributed by atoms with E-state index in [0.29, 0.717) is 48.8 Å². The van der Waals surface area contributed by atoms with Gasteiger partial charge in [0.05, 0.1) is 0 Å². The molecular formula is C29H28ClF2N3O4. The standard InChI is InChI=1S/C29H28ClF2N3O4/c30-20-3-1-17(2-4-20)23-9-10-29(31,32)12-19(23)13-34-15-22(16-34)39-21-5-6-24-18(11-21)14-35(28(24)38)25-7-8-26(36)33-27(25)37/h1-6,11,22,25H,7-10,12-16H2,(H,33,36,37). The van der Waals surface area contributed by atoms with Crippen LogP contribution in [0.3, 0.4) is 0 Å². The molecule has 0 saturated carbocycles. The monoisotopic (exact) mass is 555 g/mol. The fraction of sp³-hybridized carbons (Fsp3) is 0.414. The van der Waals surface area contributed by atoms with Gasteiger partial charge in [0.25, 0.3) is 11.8 Å². The minimum absolute atomic E-state index is 0.0879. The van der Waals surface area contributed by atoms with E-state index in [-0.39, 0.29) is 43.7 Å². The zero-order valence-electron chi connectivity index (χ0n) is 21.2. The van der Waals surface area contributed by atoms with Crippen molar-refractivity contribution in [2.75, 3.05) is 19.6 Å². The molecule has 10 heteroatoms. The lowest BCUT2D eigenvalue weighted by molar-refractivity contribution is -0.136. The number of ether oxygens (including phenoxy) is 1. The maximum absolute atomic E-state index is 14.3. The van der Waals surface area contributed by atoms with Crippen molar-refractivity contribution in [2.24, 2.45) is 0 Å². The zero-order chi connectivity index (χ0) is 27.3. The first-order chi connectivity index (χ1) is 18.6. The van der Waals surface area contributed by atoms with Gasteiger partial charge in [-0.05, 0) is 65.4 Å². The fourth-order valence-corrected chi connectivity index (χ4v) is 6.08. The number of rotatable bonds is 6. The van der Waals surface area contributed by atoms with Crippen molar-refractivity contribution >= 4 is 34.9 Å². The summed E-state index contributed by atoms with van der Waals surface area (Å²) in [6, 6.07) is 12.0. The molecule has 3 aliphatic heterocycles. The van der Waals surface area contributed by atoms with Crippen LogP contribution in [0.2, 0.25) is 5.02 Å². The van der Waals surface area contributed by atoms with Gasteiger partial charge >= 0.3 is 0 Å². The Bertz CT molecular complexity index is 1370. The van der Waals surface area contributed by atoms with Crippen LogP contribution >= 0.6 is 11.6 Å². The largest absolute Gasteiger partial charge is 0.488 e. The lowest BCUT2D eigenvalue weighted by Crippen LogP contribution is -2.54. The summed E-state index contributed by atoms with van der Waals surface area (Å²) in [7, 11) is 0. The molecule has 1 atom stereocenters. The third-order valence-corrected chi connectivity index (χ3v) is 8.22. The molecule has 0 aromatic heterocycles. The number of carbonyl (C=O) groups is 3. The molecule has 3 amide bonds. The first-order valence-corrected chi connectivity index (χ1v) is 13.5. The van der Waals surface area contributed by atoms with Gasteiger partial charge < -0.3 is 9.64 Å². The van der Waals surface area contributed by atoms with Crippen molar-refractivity contribution in [2.45, 2.75) is 56.7 Å². The Balaban J connectivity index is 1.08. The van der Waals surface area contributed by atoms with Crippen LogP contribution in [0, 0.1) is 0 Å². The van der Waals surface area contributed by atoms with Gasteiger partial charge in [-0.25, -0.2) is 8.78 Å². The van der Waals surface area contributed by atoms with Crippen LogP contribution < -0.4 is 10.1 Å². The number of carbonyl (C=O) groups excluding carboxylic acids is 3. The Morgan fingerprint density at radius 1 is 1.05 bits per heavy atom. The summed E-state index contributed by atoms with van der Waals surface area (Å²) in [4.78, 5) is 40.3. The summed E-state index contributed by atoms with van der Waals surface area (Å²) in [6.07, 6.45) is 0.376. The highest BCUT2D eigenvalue weighted by molar-refractivity contribution is 6.30. The molecule has 3 heterocycles. The molecule has 2 aromatic carbocycles. The normalized spacial score (nSPS) is 23.5. The van der Waals surface area contributed by atoms with E-state index in [2.05, 4.69) is 10.2 Å². The number of likely N-dealkylation sites (tertiary alicyclic amines) is 1. The van der Waals surface area contributed by atoms with Crippen LogP contribution in [0.25, 0.3) is 5.57 Å². The van der Waals surface area contributed by atoms with Crippen LogP contribution in [-0.2, 0) is 16.1 Å². The predicted molar refractivity (Wildman–Crippen MR) is 141 cm³/mol. The maximum atomic E-state index is 14.3. The Labute approximate surface area is 229 Å². The van der Waals surface area contributed by atoms with Gasteiger partial charge in [-0.2, -0.15) is 0 Å². The van der Waals surface area contributed by atoms with Crippen molar-refractivity contribution < 1.29 is 27.9 Å². The number of benzene rings is 2. The number of amides is 3. The molecule has 2 saturated heterocycles. The van der Waals surface area contributed by atoms with E-state index >= 15 is 0 Å². The Morgan fingerprint density at radius 2 is 1.82 bits per heavy atom. The number of fused-ring (bicyclic) bond motifs is 1. The second kappa shape index (κ2) is 10.0. The highest BCUT2D eigenvalue weighted by atomic mass is 35.5. The molecule has 4 aliphatic rings. The van der Waals surface area contributed by atoms with Crippen LogP contribution in [0.4, 0.5) is 8.78 Å². The van der Waals surface area contributed by atoms with Gasteiger partial charge in [0, 0.05) is 56.0 Å². The average Bonchev–Trinajstić information content (AvgIpc) is 3.18. The molecule has 1 N–H and O–H groups in total. The third-order valence-electron chi connectivity index (χ3n) is 7.97. The number of hydrogen-bond donors (Lipinski definition) is 1. The molecule has 7 nitrogen and oxygen atoms in total. The number of hydrogen-bond acceptors (Lipinski definition) is 5. The topological polar surface area (TPSA) is 79.0 Å². The molecule has 0 bridgehead atoms. The number of allylic oxidation sites excluding steroid dienone is 1. The minimum atomic E-state index is -2.70. The summed E-state index contributed by atoms with van der Waals surface area (Å²) in [5, 5.41) is 2.92. The first kappa shape index (κ1) is 26.0. The van der Waals surface area contributed by atoms with E-state index in [1.807, 2.05) is 18.2 Å². The van der Waals surface area contributed by atoms with E-state index in [1.54, 1.807) is 24.3 Å². The van der Waals surface area contributed by atoms with Crippen LogP contribution in [0.1, 0.15) is 53.6 Å². The Morgan fingerprint density at radius 3 is 2.56 bits per heavy atom. The summed E-state index contributed by atoms with van der Waals surface area (Å²) < 4.78 is 34.7. The molecular weight excluding hydrogens is 528 g/mol. The molecule has 2 fully saturated rings. The van der Waals surface area contributed by atoms with Crippen molar-refractivity contribution in [3.05, 3.63) is 69.8 Å². The quantitative estimate of drug-likeness (QED) is 0.533. The highest BCUT2D eigenvalue weighted by Crippen LogP contribution is 2.42. The average molecular weight is 556 g/mol. The van der Waals surface area contributed by atoms with E-state index in [1.165, 1.54) is 4.90 Å². The summed E-state index contributed by atoms with van der Waals surface area (Å²) in [5.74, 6) is -3.06. The molecule has 0 spiro atoms. The van der Waals surface area contributed by atoms with Gasteiger partial charge in [0.15, 0.2) is 0 Å². The Hall–Kier alpha value is -3.30. The van der Waals surface area contributed by atoms with Gasteiger partial charge in [-0.15, -0.1) is 0 Å². The predicted octanol–water partition coefficient (Wildman–Crippen LogP) is 4.44. The first-order valence-electron chi connectivity index (χ1n) is 13.2. The van der Waals surface area contributed by atoms with E-state index in [0.717, 1.165) is 22.3 Å². The minimum Gasteiger partial charge on any atom is -0.488 e. The van der Waals surface area contributed by atoms with Crippen LogP contribution in [-0.4, -0.2) is 65.2 Å². The molecule has 39 heavy (non-hydrogen) atoms. The fourth-order valence-electron chi connectivity index (χ4n) is 5.96. The Kier molecular flexibility index (Phi) is 6.67. The number of nitrogens with zero attached hydrogens (tertiary/aromatic N) is 2. The molecule has 1 unspecified atom stereocenters. The molecule has 0 radical (unpaired) electrons. The smallest absolute Gasteiger partial charge is 0.255 e. The van der Waals surface area contributed by atoms with Crippen molar-refractivity contribution in [3.8, 4) is 5.75 Å². The molecule has 1 aliphatic carbocycles. The molecule has 2 aromatic rings.